The van der Waals surface area contributed by atoms with Crippen LogP contribution in [0.2, 0.25) is 0 Å². The van der Waals surface area contributed by atoms with E-state index >= 15 is 0 Å². The minimum atomic E-state index is 0.619. The van der Waals surface area contributed by atoms with Crippen molar-refractivity contribution in [3.63, 3.8) is 0 Å². The summed E-state index contributed by atoms with van der Waals surface area (Å²) < 4.78 is 7.81. The Kier molecular flexibility index (Phi) is 9.97. The molecular formula is C41H34N4OS2. The molecule has 0 atom stereocenters. The van der Waals surface area contributed by atoms with Crippen molar-refractivity contribution >= 4 is 23.5 Å². The molecule has 7 heteroatoms. The topological polar surface area (TPSA) is 52.8 Å². The van der Waals surface area contributed by atoms with Gasteiger partial charge in [0.25, 0.3) is 0 Å². The van der Waals surface area contributed by atoms with Crippen LogP contribution in [0.1, 0.15) is 18.1 Å². The van der Waals surface area contributed by atoms with Gasteiger partial charge in [0.1, 0.15) is 21.5 Å². The molecule has 0 saturated heterocycles. The van der Waals surface area contributed by atoms with E-state index in [1.807, 2.05) is 49.4 Å². The van der Waals surface area contributed by atoms with Gasteiger partial charge in [0.05, 0.1) is 18.0 Å². The number of para-hydroxylation sites is 1. The van der Waals surface area contributed by atoms with Crippen molar-refractivity contribution in [2.24, 2.45) is 0 Å². The fourth-order valence-electron chi connectivity index (χ4n) is 5.47. The summed E-state index contributed by atoms with van der Waals surface area (Å²) in [6.45, 7) is 2.61. The third-order valence-electron chi connectivity index (χ3n) is 7.82. The Hall–Kier alpha value is -5.11. The summed E-state index contributed by atoms with van der Waals surface area (Å²) in [4.78, 5) is 0. The molecule has 7 aromatic rings. The zero-order chi connectivity index (χ0) is 32.5. The molecule has 5 nitrogen and oxygen atoms in total. The molecule has 0 unspecified atom stereocenters. The number of aromatic nitrogens is 4. The summed E-state index contributed by atoms with van der Waals surface area (Å²) >= 11 is 3.49. The van der Waals surface area contributed by atoms with Gasteiger partial charge in [-0.2, -0.15) is 5.10 Å². The summed E-state index contributed by atoms with van der Waals surface area (Å²) in [7, 11) is 0. The van der Waals surface area contributed by atoms with Crippen molar-refractivity contribution < 1.29 is 4.74 Å². The van der Waals surface area contributed by atoms with Crippen LogP contribution in [-0.2, 0) is 11.5 Å². The molecule has 2 heterocycles. The van der Waals surface area contributed by atoms with E-state index in [1.54, 1.807) is 23.5 Å². The van der Waals surface area contributed by atoms with E-state index in [1.165, 1.54) is 11.1 Å². The van der Waals surface area contributed by atoms with Crippen LogP contribution >= 0.6 is 23.5 Å². The van der Waals surface area contributed by atoms with Gasteiger partial charge in [-0.25, -0.2) is 4.68 Å². The van der Waals surface area contributed by atoms with Gasteiger partial charge < -0.3 is 4.74 Å². The molecule has 0 N–H and O–H groups in total. The van der Waals surface area contributed by atoms with Crippen LogP contribution < -0.4 is 4.74 Å². The number of hydrogen-bond donors (Lipinski definition) is 0. The predicted molar refractivity (Wildman–Crippen MR) is 199 cm³/mol. The highest BCUT2D eigenvalue weighted by molar-refractivity contribution is 7.99. The fourth-order valence-corrected chi connectivity index (χ4v) is 7.49. The maximum atomic E-state index is 5.72. The summed E-state index contributed by atoms with van der Waals surface area (Å²) in [5.41, 5.74) is 9.25. The van der Waals surface area contributed by atoms with Crippen LogP contribution in [0.15, 0.2) is 162 Å². The van der Waals surface area contributed by atoms with Crippen molar-refractivity contribution in [3.05, 3.63) is 163 Å². The minimum absolute atomic E-state index is 0.619. The van der Waals surface area contributed by atoms with E-state index in [4.69, 9.17) is 20.0 Å². The first-order valence-electron chi connectivity index (χ1n) is 16.0. The van der Waals surface area contributed by atoms with Gasteiger partial charge in [0.15, 0.2) is 0 Å². The third-order valence-corrected chi connectivity index (χ3v) is 10.00. The van der Waals surface area contributed by atoms with Crippen LogP contribution in [0.4, 0.5) is 0 Å². The van der Waals surface area contributed by atoms with Gasteiger partial charge in [-0.3, -0.25) is 0 Å². The SMILES string of the molecule is CCOc1ccc(-c2cc(-c3c(-c4ccccc4)nn(-c4ccccc4)c3SCc3ccccc3)c(SCc3ccccc3)nn2)cc1. The second-order valence-corrected chi connectivity index (χ2v) is 13.0. The molecule has 0 spiro atoms. The molecule has 5 aromatic carbocycles. The molecule has 0 radical (unpaired) electrons. The van der Waals surface area contributed by atoms with Gasteiger partial charge in [-0.1, -0.05) is 121 Å². The van der Waals surface area contributed by atoms with E-state index < -0.39 is 0 Å². The highest BCUT2D eigenvalue weighted by Crippen LogP contribution is 2.45. The second kappa shape index (κ2) is 15.2. The molecule has 0 aliphatic carbocycles. The van der Waals surface area contributed by atoms with Crippen LogP contribution in [-0.4, -0.2) is 26.6 Å². The van der Waals surface area contributed by atoms with E-state index in [2.05, 4.69) is 114 Å². The van der Waals surface area contributed by atoms with Crippen molar-refractivity contribution in [3.8, 4) is 45.1 Å². The highest BCUT2D eigenvalue weighted by Gasteiger charge is 2.26. The number of nitrogens with zero attached hydrogens (tertiary/aromatic N) is 4. The highest BCUT2D eigenvalue weighted by atomic mass is 32.2. The van der Waals surface area contributed by atoms with E-state index in [0.717, 1.165) is 66.6 Å². The maximum Gasteiger partial charge on any atom is 0.127 e. The minimum Gasteiger partial charge on any atom is -0.494 e. The predicted octanol–water partition coefficient (Wildman–Crippen LogP) is 10.6. The molecule has 0 bridgehead atoms. The Bertz CT molecular complexity index is 2070. The van der Waals surface area contributed by atoms with E-state index in [-0.39, 0.29) is 0 Å². The largest absolute Gasteiger partial charge is 0.494 e. The average molecular weight is 663 g/mol. The Morgan fingerprint density at radius 1 is 0.604 bits per heavy atom. The van der Waals surface area contributed by atoms with Gasteiger partial charge in [0, 0.05) is 33.8 Å². The van der Waals surface area contributed by atoms with E-state index in [9.17, 15) is 0 Å². The van der Waals surface area contributed by atoms with Crippen molar-refractivity contribution in [2.75, 3.05) is 6.61 Å². The Morgan fingerprint density at radius 3 is 1.81 bits per heavy atom. The fraction of sp³-hybridized carbons (Fsp3) is 0.0976. The van der Waals surface area contributed by atoms with Crippen molar-refractivity contribution in [1.29, 1.82) is 0 Å². The molecule has 0 amide bonds. The normalized spacial score (nSPS) is 11.0. The number of rotatable bonds is 12. The van der Waals surface area contributed by atoms with E-state index in [0.29, 0.717) is 6.61 Å². The Balaban J connectivity index is 1.44. The van der Waals surface area contributed by atoms with Crippen molar-refractivity contribution in [1.82, 2.24) is 20.0 Å². The first kappa shape index (κ1) is 31.5. The molecule has 0 aliphatic heterocycles. The monoisotopic (exact) mass is 662 g/mol. The van der Waals surface area contributed by atoms with Crippen LogP contribution in [0.3, 0.4) is 0 Å². The summed E-state index contributed by atoms with van der Waals surface area (Å²) in [5.74, 6) is 2.39. The van der Waals surface area contributed by atoms with Crippen molar-refractivity contribution in [2.45, 2.75) is 28.5 Å². The lowest BCUT2D eigenvalue weighted by Gasteiger charge is -2.14. The first-order valence-corrected chi connectivity index (χ1v) is 17.9. The van der Waals surface area contributed by atoms with Crippen LogP contribution in [0.25, 0.3) is 39.3 Å². The lowest BCUT2D eigenvalue weighted by atomic mass is 10.0. The van der Waals surface area contributed by atoms with Gasteiger partial charge >= 0.3 is 0 Å². The zero-order valence-electron chi connectivity index (χ0n) is 26.6. The quantitative estimate of drug-likeness (QED) is 0.121. The molecule has 236 valence electrons. The number of thioether (sulfide) groups is 2. The molecule has 2 aromatic heterocycles. The number of benzene rings is 5. The lowest BCUT2D eigenvalue weighted by Crippen LogP contribution is -1.99. The smallest absolute Gasteiger partial charge is 0.127 e. The molecular weight excluding hydrogens is 629 g/mol. The molecule has 7 rings (SSSR count). The average Bonchev–Trinajstić information content (AvgIpc) is 3.54. The van der Waals surface area contributed by atoms with Crippen LogP contribution in [0, 0.1) is 0 Å². The van der Waals surface area contributed by atoms with Gasteiger partial charge in [0.2, 0.25) is 0 Å². The molecule has 0 aliphatic rings. The Morgan fingerprint density at radius 2 is 1.19 bits per heavy atom. The summed E-state index contributed by atoms with van der Waals surface area (Å²) in [6, 6.07) is 52.2. The number of ether oxygens (including phenoxy) is 1. The standard InChI is InChI=1S/C41H34N4OS2/c1-2-46-35-25-23-32(24-26-35)37-27-36(40(43-42-37)47-28-30-15-7-3-8-16-30)38-39(33-19-11-5-12-20-33)44-45(34-21-13-6-14-22-34)41(38)48-29-31-17-9-4-10-18-31/h3-27H,2,28-29H2,1H3. The van der Waals surface area contributed by atoms with Crippen LogP contribution in [0.5, 0.6) is 5.75 Å². The lowest BCUT2D eigenvalue weighted by molar-refractivity contribution is 0.340. The summed E-state index contributed by atoms with van der Waals surface area (Å²) in [5, 5.41) is 17.0. The molecule has 0 fully saturated rings. The third kappa shape index (κ3) is 7.23. The maximum absolute atomic E-state index is 5.72. The first-order chi connectivity index (χ1) is 23.8. The number of hydrogen-bond acceptors (Lipinski definition) is 6. The van der Waals surface area contributed by atoms with Gasteiger partial charge in [-0.05, 0) is 60.5 Å². The van der Waals surface area contributed by atoms with Gasteiger partial charge in [-0.15, -0.1) is 22.0 Å². The zero-order valence-corrected chi connectivity index (χ0v) is 28.2. The Labute approximate surface area is 290 Å². The molecule has 0 saturated carbocycles. The summed E-state index contributed by atoms with van der Waals surface area (Å²) in [6.07, 6.45) is 0. The second-order valence-electron chi connectivity index (χ2n) is 11.1. The molecule has 48 heavy (non-hydrogen) atoms.